The van der Waals surface area contributed by atoms with Crippen LogP contribution in [0.15, 0.2) is 24.5 Å². The van der Waals surface area contributed by atoms with E-state index >= 15 is 0 Å². The van der Waals surface area contributed by atoms with Gasteiger partial charge in [-0.05, 0) is 25.0 Å². The Morgan fingerprint density at radius 1 is 1.48 bits per heavy atom. The number of carbonyl (C=O) groups is 1. The highest BCUT2D eigenvalue weighted by atomic mass is 32.2. The number of hydrogen-bond donors (Lipinski definition) is 1. The van der Waals surface area contributed by atoms with Crippen LogP contribution in [0.3, 0.4) is 0 Å². The smallest absolute Gasteiger partial charge is 0.475 e. The molecule has 3 rings (SSSR count). The summed E-state index contributed by atoms with van der Waals surface area (Å²) in [6, 6.07) is 3.86. The van der Waals surface area contributed by atoms with Gasteiger partial charge in [0, 0.05) is 31.9 Å². The summed E-state index contributed by atoms with van der Waals surface area (Å²) in [5.74, 6) is -2.61. The van der Waals surface area contributed by atoms with Crippen LogP contribution in [0.4, 0.5) is 13.2 Å². The highest BCUT2D eigenvalue weighted by molar-refractivity contribution is 7.89. The lowest BCUT2D eigenvalue weighted by Crippen LogP contribution is -2.36. The monoisotopic (exact) mass is 440 g/mol. The molecule has 0 radical (unpaired) electrons. The molecule has 2 fully saturated rings. The van der Waals surface area contributed by atoms with Gasteiger partial charge in [-0.3, -0.25) is 4.98 Å². The molecule has 0 aromatic carbocycles. The summed E-state index contributed by atoms with van der Waals surface area (Å²) in [5.41, 5.74) is 0.673. The molecule has 1 aromatic heterocycles. The molecule has 164 valence electrons. The minimum Gasteiger partial charge on any atom is -0.475 e. The molecule has 8 nitrogen and oxygen atoms in total. The van der Waals surface area contributed by atoms with Crippen LogP contribution in [0.5, 0.6) is 0 Å². The number of aromatic nitrogens is 1. The number of pyridine rings is 1. The second kappa shape index (κ2) is 9.37. The Labute approximate surface area is 166 Å². The first kappa shape index (κ1) is 23.5. The lowest BCUT2D eigenvalue weighted by molar-refractivity contribution is -0.192. The maximum Gasteiger partial charge on any atom is 0.490 e. The van der Waals surface area contributed by atoms with Gasteiger partial charge in [0.25, 0.3) is 0 Å². The first-order chi connectivity index (χ1) is 13.5. The van der Waals surface area contributed by atoms with Crippen molar-refractivity contribution in [2.45, 2.75) is 44.3 Å². The second-order valence-corrected chi connectivity index (χ2v) is 9.04. The van der Waals surface area contributed by atoms with Crippen LogP contribution >= 0.6 is 0 Å². The van der Waals surface area contributed by atoms with E-state index in [0.717, 1.165) is 18.4 Å². The maximum atomic E-state index is 12.0. The van der Waals surface area contributed by atoms with E-state index < -0.39 is 22.2 Å². The molecule has 1 aromatic rings. The Bertz CT molecular complexity index is 790. The van der Waals surface area contributed by atoms with Crippen molar-refractivity contribution in [2.75, 3.05) is 25.4 Å². The van der Waals surface area contributed by atoms with Gasteiger partial charge in [0.15, 0.2) is 0 Å². The van der Waals surface area contributed by atoms with Gasteiger partial charge in [-0.25, -0.2) is 13.2 Å². The lowest BCUT2D eigenvalue weighted by atomic mass is 9.98. The normalized spacial score (nSPS) is 25.0. The Balaban J connectivity index is 0.000000370. The Morgan fingerprint density at radius 2 is 2.17 bits per heavy atom. The number of ether oxygens (including phenoxy) is 2. The summed E-state index contributed by atoms with van der Waals surface area (Å²) in [6.45, 7) is 3.71. The minimum absolute atomic E-state index is 0.0180. The molecule has 2 saturated heterocycles. The van der Waals surface area contributed by atoms with Crippen LogP contribution in [0.25, 0.3) is 0 Å². The van der Waals surface area contributed by atoms with E-state index in [0.29, 0.717) is 26.3 Å². The molecule has 2 aliphatic heterocycles. The number of halogens is 3. The predicted molar refractivity (Wildman–Crippen MR) is 95.5 cm³/mol. The molecule has 12 heteroatoms. The van der Waals surface area contributed by atoms with Gasteiger partial charge in [0.05, 0.1) is 30.7 Å². The summed E-state index contributed by atoms with van der Waals surface area (Å²) in [5, 5.41) is 7.12. The van der Waals surface area contributed by atoms with E-state index in [1.54, 1.807) is 23.6 Å². The Kier molecular flexibility index (Phi) is 7.60. The van der Waals surface area contributed by atoms with E-state index in [1.807, 2.05) is 12.1 Å². The van der Waals surface area contributed by atoms with Crippen molar-refractivity contribution in [3.8, 4) is 0 Å². The first-order valence-corrected chi connectivity index (χ1v) is 10.5. The van der Waals surface area contributed by atoms with E-state index in [1.165, 1.54) is 0 Å². The van der Waals surface area contributed by atoms with Crippen LogP contribution in [0.1, 0.15) is 25.3 Å². The third-order valence-corrected chi connectivity index (χ3v) is 6.49. The molecule has 1 spiro atoms. The zero-order valence-corrected chi connectivity index (χ0v) is 16.6. The van der Waals surface area contributed by atoms with E-state index in [-0.39, 0.29) is 17.5 Å². The second-order valence-electron chi connectivity index (χ2n) is 6.78. The van der Waals surface area contributed by atoms with Crippen molar-refractivity contribution in [2.24, 2.45) is 0 Å². The number of hydrogen-bond acceptors (Lipinski definition) is 6. The quantitative estimate of drug-likeness (QED) is 0.744. The number of alkyl halides is 3. The zero-order valence-electron chi connectivity index (χ0n) is 15.8. The number of aliphatic carboxylic acids is 1. The molecule has 29 heavy (non-hydrogen) atoms. The standard InChI is InChI=1S/C15H22N2O4S.C2HF3O2/c1-2-22(18,19)17-7-5-15(12-17)8-14(11-21-15)20-10-13-4-3-6-16-9-13;3-2(4,5)1(6)7/h3-4,6,9,14H,2,5,7-8,10-12H2,1H3;(H,6,7)/t14-,15+;/m1./s1. The topological polar surface area (TPSA) is 106 Å². The van der Waals surface area contributed by atoms with E-state index in [9.17, 15) is 21.6 Å². The fourth-order valence-electron chi connectivity index (χ4n) is 3.12. The average molecular weight is 440 g/mol. The molecule has 2 aliphatic rings. The summed E-state index contributed by atoms with van der Waals surface area (Å²) in [4.78, 5) is 13.0. The highest BCUT2D eigenvalue weighted by Crippen LogP contribution is 2.37. The van der Waals surface area contributed by atoms with Crippen LogP contribution in [-0.2, 0) is 30.9 Å². The summed E-state index contributed by atoms with van der Waals surface area (Å²) < 4.78 is 69.0. The van der Waals surface area contributed by atoms with Gasteiger partial charge in [-0.2, -0.15) is 17.5 Å². The first-order valence-electron chi connectivity index (χ1n) is 8.90. The fraction of sp³-hybridized carbons (Fsp3) is 0.647. The molecule has 2 atom stereocenters. The molecule has 0 saturated carbocycles. The Morgan fingerprint density at radius 3 is 2.72 bits per heavy atom. The van der Waals surface area contributed by atoms with Crippen molar-refractivity contribution < 1.29 is 41.0 Å². The van der Waals surface area contributed by atoms with Gasteiger partial charge in [-0.1, -0.05) is 6.07 Å². The van der Waals surface area contributed by atoms with Crippen molar-refractivity contribution in [1.29, 1.82) is 0 Å². The molecule has 3 heterocycles. The summed E-state index contributed by atoms with van der Waals surface area (Å²) in [6.07, 6.45) is -0.0404. The summed E-state index contributed by atoms with van der Waals surface area (Å²) >= 11 is 0. The van der Waals surface area contributed by atoms with Crippen molar-refractivity contribution in [3.63, 3.8) is 0 Å². The van der Waals surface area contributed by atoms with Crippen LogP contribution in [-0.4, -0.2) is 72.1 Å². The van der Waals surface area contributed by atoms with Crippen LogP contribution in [0.2, 0.25) is 0 Å². The van der Waals surface area contributed by atoms with Crippen LogP contribution in [0, 0.1) is 0 Å². The number of carboxylic acid groups (broad SMARTS) is 1. The molecule has 0 unspecified atom stereocenters. The van der Waals surface area contributed by atoms with E-state index in [2.05, 4.69) is 4.98 Å². The van der Waals surface area contributed by atoms with Gasteiger partial charge in [0.1, 0.15) is 0 Å². The summed E-state index contributed by atoms with van der Waals surface area (Å²) in [7, 11) is -3.13. The largest absolute Gasteiger partial charge is 0.490 e. The fourth-order valence-corrected chi connectivity index (χ4v) is 4.29. The number of carboxylic acids is 1. The van der Waals surface area contributed by atoms with Crippen molar-refractivity contribution in [3.05, 3.63) is 30.1 Å². The number of rotatable bonds is 5. The van der Waals surface area contributed by atoms with Gasteiger partial charge >= 0.3 is 12.1 Å². The van der Waals surface area contributed by atoms with Gasteiger partial charge < -0.3 is 14.6 Å². The molecular weight excluding hydrogens is 417 g/mol. The van der Waals surface area contributed by atoms with Gasteiger partial charge in [-0.15, -0.1) is 0 Å². The zero-order chi connectivity index (χ0) is 21.7. The number of nitrogens with zero attached hydrogens (tertiary/aromatic N) is 2. The predicted octanol–water partition coefficient (Wildman–Crippen LogP) is 1.81. The minimum atomic E-state index is -5.08. The molecular formula is C17H23F3N2O6S. The van der Waals surface area contributed by atoms with Crippen molar-refractivity contribution >= 4 is 16.0 Å². The Hall–Kier alpha value is -1.76. The average Bonchev–Trinajstić information content (AvgIpc) is 3.28. The lowest BCUT2D eigenvalue weighted by Gasteiger charge is -2.23. The SMILES string of the molecule is CCS(=O)(=O)N1CC[C@]2(C[C@@H](OCc3cccnc3)CO2)C1.O=C(O)C(F)(F)F. The third kappa shape index (κ3) is 6.63. The molecule has 1 N–H and O–H groups in total. The third-order valence-electron chi connectivity index (χ3n) is 4.67. The highest BCUT2D eigenvalue weighted by Gasteiger charge is 2.48. The van der Waals surface area contributed by atoms with Crippen molar-refractivity contribution in [1.82, 2.24) is 9.29 Å². The molecule has 0 amide bonds. The van der Waals surface area contributed by atoms with Gasteiger partial charge in [0.2, 0.25) is 10.0 Å². The molecule has 0 bridgehead atoms. The van der Waals surface area contributed by atoms with E-state index in [4.69, 9.17) is 19.4 Å². The number of sulfonamides is 1. The van der Waals surface area contributed by atoms with Crippen LogP contribution < -0.4 is 0 Å². The maximum absolute atomic E-state index is 12.0. The molecule has 0 aliphatic carbocycles.